The summed E-state index contributed by atoms with van der Waals surface area (Å²) < 4.78 is 52.0. The number of nitrogens with zero attached hydrogens (tertiary/aromatic N) is 1. The molecule has 1 N–H and O–H groups in total. The van der Waals surface area contributed by atoms with Crippen LogP contribution in [-0.4, -0.2) is 26.6 Å². The Morgan fingerprint density at radius 2 is 1.64 bits per heavy atom. The zero-order chi connectivity index (χ0) is 20.5. The molecule has 28 heavy (non-hydrogen) atoms. The fourth-order valence-electron chi connectivity index (χ4n) is 2.94. The lowest BCUT2D eigenvalue weighted by Gasteiger charge is -2.28. The van der Waals surface area contributed by atoms with Gasteiger partial charge in [0.25, 0.3) is 0 Å². The molecular weight excluding hydrogens is 386 g/mol. The molecular formula is C20H18F2N2O3S. The lowest BCUT2D eigenvalue weighted by Crippen LogP contribution is -2.45. The smallest absolute Gasteiger partial charge is 0.247 e. The number of amides is 1. The Hall–Kier alpha value is -3.00. The third-order valence-electron chi connectivity index (χ3n) is 4.26. The number of carbonyl (C=O) groups excluding carboxylic acids is 1. The molecule has 0 bridgehead atoms. The number of carbonyl (C=O) groups is 1. The fourth-order valence-corrected chi connectivity index (χ4v) is 4.11. The van der Waals surface area contributed by atoms with Crippen LogP contribution in [0, 0.1) is 11.6 Å². The first-order chi connectivity index (χ1) is 13.2. The van der Waals surface area contributed by atoms with E-state index in [9.17, 15) is 22.0 Å². The Morgan fingerprint density at radius 1 is 0.964 bits per heavy atom. The van der Waals surface area contributed by atoms with Crippen molar-refractivity contribution in [3.63, 3.8) is 0 Å². The first-order valence-electron chi connectivity index (χ1n) is 8.41. The van der Waals surface area contributed by atoms with E-state index in [2.05, 4.69) is 5.32 Å². The fraction of sp³-hybridized carbons (Fsp3) is 0.150. The van der Waals surface area contributed by atoms with E-state index in [1.54, 1.807) is 12.1 Å². The molecule has 8 heteroatoms. The van der Waals surface area contributed by atoms with Gasteiger partial charge in [0.05, 0.1) is 11.9 Å². The molecule has 146 valence electrons. The van der Waals surface area contributed by atoms with Gasteiger partial charge in [0.1, 0.15) is 6.04 Å². The van der Waals surface area contributed by atoms with Crippen LogP contribution in [0.25, 0.3) is 10.8 Å². The van der Waals surface area contributed by atoms with E-state index >= 15 is 0 Å². The van der Waals surface area contributed by atoms with Gasteiger partial charge >= 0.3 is 0 Å². The Balaban J connectivity index is 1.90. The summed E-state index contributed by atoms with van der Waals surface area (Å²) in [4.78, 5) is 12.7. The maximum absolute atomic E-state index is 13.6. The normalized spacial score (nSPS) is 12.6. The van der Waals surface area contributed by atoms with Gasteiger partial charge < -0.3 is 5.32 Å². The molecule has 1 atom stereocenters. The van der Waals surface area contributed by atoms with Crippen LogP contribution < -0.4 is 9.62 Å². The molecule has 0 saturated carbocycles. The maximum Gasteiger partial charge on any atom is 0.247 e. The molecule has 1 amide bonds. The van der Waals surface area contributed by atoms with E-state index in [1.807, 2.05) is 30.3 Å². The van der Waals surface area contributed by atoms with Gasteiger partial charge in [-0.05, 0) is 42.0 Å². The zero-order valence-corrected chi connectivity index (χ0v) is 16.0. The van der Waals surface area contributed by atoms with Crippen molar-refractivity contribution < 1.29 is 22.0 Å². The maximum atomic E-state index is 13.6. The summed E-state index contributed by atoms with van der Waals surface area (Å²) in [6.07, 6.45) is 0.897. The first-order valence-corrected chi connectivity index (χ1v) is 10.3. The molecule has 0 spiro atoms. The summed E-state index contributed by atoms with van der Waals surface area (Å²) in [6, 6.07) is 14.4. The van der Waals surface area contributed by atoms with E-state index in [0.29, 0.717) is 5.69 Å². The second-order valence-electron chi connectivity index (χ2n) is 6.38. The average Bonchev–Trinajstić information content (AvgIpc) is 2.63. The van der Waals surface area contributed by atoms with Crippen molar-refractivity contribution >= 4 is 38.1 Å². The number of hydrogen-bond acceptors (Lipinski definition) is 3. The number of rotatable bonds is 5. The minimum atomic E-state index is -3.94. The van der Waals surface area contributed by atoms with E-state index in [-0.39, 0.29) is 5.69 Å². The van der Waals surface area contributed by atoms with E-state index < -0.39 is 33.6 Å². The van der Waals surface area contributed by atoms with Gasteiger partial charge in [0.15, 0.2) is 11.6 Å². The van der Waals surface area contributed by atoms with Crippen molar-refractivity contribution in [1.82, 2.24) is 0 Å². The minimum absolute atomic E-state index is 0.137. The third kappa shape index (κ3) is 4.12. The Labute approximate surface area is 161 Å². The number of halogens is 2. The van der Waals surface area contributed by atoms with Crippen molar-refractivity contribution in [1.29, 1.82) is 0 Å². The highest BCUT2D eigenvalue weighted by molar-refractivity contribution is 7.92. The van der Waals surface area contributed by atoms with Crippen molar-refractivity contribution in [3.8, 4) is 0 Å². The van der Waals surface area contributed by atoms with Crippen LogP contribution in [0.3, 0.4) is 0 Å². The summed E-state index contributed by atoms with van der Waals surface area (Å²) >= 11 is 0. The molecule has 0 aliphatic carbocycles. The lowest BCUT2D eigenvalue weighted by molar-refractivity contribution is -0.116. The number of anilines is 2. The van der Waals surface area contributed by atoms with Crippen LogP contribution in [0.5, 0.6) is 0 Å². The SMILES string of the molecule is CC(C(=O)Nc1ccc2ccccc2c1)N(c1ccc(F)c(F)c1)S(C)(=O)=O. The highest BCUT2D eigenvalue weighted by atomic mass is 32.2. The standard InChI is InChI=1S/C20H18F2N2O3S/c1-13(24(28(2,26)27)17-9-10-18(21)19(22)12-17)20(25)23-16-8-7-14-5-3-4-6-15(14)11-16/h3-13H,1-2H3,(H,23,25). The van der Waals surface area contributed by atoms with Crippen LogP contribution >= 0.6 is 0 Å². The van der Waals surface area contributed by atoms with E-state index in [1.165, 1.54) is 6.92 Å². The van der Waals surface area contributed by atoms with Gasteiger partial charge in [-0.3, -0.25) is 9.10 Å². The number of nitrogens with one attached hydrogen (secondary N) is 1. The lowest BCUT2D eigenvalue weighted by atomic mass is 10.1. The molecule has 0 heterocycles. The van der Waals surface area contributed by atoms with E-state index in [0.717, 1.165) is 39.5 Å². The molecule has 0 aliphatic heterocycles. The monoisotopic (exact) mass is 404 g/mol. The molecule has 5 nitrogen and oxygen atoms in total. The van der Waals surface area contributed by atoms with Gasteiger partial charge in [0, 0.05) is 11.8 Å². The van der Waals surface area contributed by atoms with E-state index in [4.69, 9.17) is 0 Å². The van der Waals surface area contributed by atoms with Crippen molar-refractivity contribution in [2.75, 3.05) is 15.9 Å². The molecule has 0 radical (unpaired) electrons. The summed E-state index contributed by atoms with van der Waals surface area (Å²) in [5, 5.41) is 4.57. The molecule has 0 saturated heterocycles. The second kappa shape index (κ2) is 7.55. The Kier molecular flexibility index (Phi) is 5.33. The second-order valence-corrected chi connectivity index (χ2v) is 8.24. The van der Waals surface area contributed by atoms with Crippen LogP contribution in [0.2, 0.25) is 0 Å². The summed E-state index contributed by atoms with van der Waals surface area (Å²) in [5.41, 5.74) is 0.358. The van der Waals surface area contributed by atoms with Crippen LogP contribution in [0.1, 0.15) is 6.92 Å². The van der Waals surface area contributed by atoms with Crippen LogP contribution in [0.4, 0.5) is 20.2 Å². The minimum Gasteiger partial charge on any atom is -0.324 e. The van der Waals surface area contributed by atoms with Crippen molar-refractivity contribution in [3.05, 3.63) is 72.3 Å². The van der Waals surface area contributed by atoms with Gasteiger partial charge in [-0.25, -0.2) is 17.2 Å². The predicted molar refractivity (Wildman–Crippen MR) is 106 cm³/mol. The van der Waals surface area contributed by atoms with Crippen molar-refractivity contribution in [2.45, 2.75) is 13.0 Å². The molecule has 0 aromatic heterocycles. The van der Waals surface area contributed by atoms with Crippen LogP contribution in [-0.2, 0) is 14.8 Å². The Morgan fingerprint density at radius 3 is 2.29 bits per heavy atom. The number of hydrogen-bond donors (Lipinski definition) is 1. The highest BCUT2D eigenvalue weighted by Crippen LogP contribution is 2.24. The topological polar surface area (TPSA) is 66.5 Å². The summed E-state index contributed by atoms with van der Waals surface area (Å²) in [5.74, 6) is -2.91. The molecule has 0 fully saturated rings. The molecule has 3 aromatic rings. The first kappa shape index (κ1) is 19.8. The predicted octanol–water partition coefficient (Wildman–Crippen LogP) is 3.91. The molecule has 3 aromatic carbocycles. The zero-order valence-electron chi connectivity index (χ0n) is 15.2. The molecule has 3 rings (SSSR count). The summed E-state index contributed by atoms with van der Waals surface area (Å²) in [7, 11) is -3.94. The van der Waals surface area contributed by atoms with Gasteiger partial charge in [-0.2, -0.15) is 0 Å². The average molecular weight is 404 g/mol. The Bertz CT molecular complexity index is 1150. The largest absolute Gasteiger partial charge is 0.324 e. The van der Waals surface area contributed by atoms with Crippen LogP contribution in [0.15, 0.2) is 60.7 Å². The van der Waals surface area contributed by atoms with Crippen molar-refractivity contribution in [2.24, 2.45) is 0 Å². The van der Waals surface area contributed by atoms with Gasteiger partial charge in [-0.1, -0.05) is 30.3 Å². The summed E-state index contributed by atoms with van der Waals surface area (Å²) in [6.45, 7) is 1.37. The quantitative estimate of drug-likeness (QED) is 0.701. The number of sulfonamides is 1. The molecule has 0 aliphatic rings. The molecule has 1 unspecified atom stereocenters. The number of fused-ring (bicyclic) bond motifs is 1. The highest BCUT2D eigenvalue weighted by Gasteiger charge is 2.29. The van der Waals surface area contributed by atoms with Gasteiger partial charge in [0.2, 0.25) is 15.9 Å². The van der Waals surface area contributed by atoms with Gasteiger partial charge in [-0.15, -0.1) is 0 Å². The number of benzene rings is 3. The third-order valence-corrected chi connectivity index (χ3v) is 5.50.